The topological polar surface area (TPSA) is 103 Å². The van der Waals surface area contributed by atoms with E-state index in [-0.39, 0.29) is 5.91 Å². The number of amides is 1. The van der Waals surface area contributed by atoms with E-state index in [0.29, 0.717) is 50.3 Å². The third kappa shape index (κ3) is 5.18. The first-order valence-electron chi connectivity index (χ1n) is 11.7. The third-order valence-electron chi connectivity index (χ3n) is 6.04. The Morgan fingerprint density at radius 3 is 2.68 bits per heavy atom. The van der Waals surface area contributed by atoms with Gasteiger partial charge in [-0.2, -0.15) is 4.98 Å². The lowest BCUT2D eigenvalue weighted by Crippen LogP contribution is -2.31. The van der Waals surface area contributed by atoms with E-state index in [1.165, 1.54) is 11.8 Å². The number of allylic oxidation sites excluding steroid dienone is 1. The Bertz CT molecular complexity index is 1510. The molecule has 38 heavy (non-hydrogen) atoms. The van der Waals surface area contributed by atoms with E-state index in [9.17, 15) is 4.79 Å². The summed E-state index contributed by atoms with van der Waals surface area (Å²) < 4.78 is 12.7. The van der Waals surface area contributed by atoms with E-state index >= 15 is 0 Å². The monoisotopic (exact) mass is 548 g/mol. The Balaban J connectivity index is 1.54. The number of methoxy groups -OCH3 is 2. The average molecular weight is 549 g/mol. The van der Waals surface area contributed by atoms with Crippen LogP contribution in [0.2, 0.25) is 5.02 Å². The summed E-state index contributed by atoms with van der Waals surface area (Å²) >= 11 is 7.80. The molecule has 0 spiro atoms. The third-order valence-corrected chi connectivity index (χ3v) is 7.29. The summed E-state index contributed by atoms with van der Waals surface area (Å²) in [5, 5.41) is 12.2. The molecule has 0 saturated carbocycles. The Hall–Kier alpha value is -4.02. The summed E-state index contributed by atoms with van der Waals surface area (Å²) in [6, 6.07) is 16.2. The second kappa shape index (κ2) is 11.2. The van der Waals surface area contributed by atoms with Crippen LogP contribution in [0.25, 0.3) is 0 Å². The molecule has 2 aromatic heterocycles. The number of ether oxygens (including phenoxy) is 2. The first-order valence-corrected chi connectivity index (χ1v) is 13.1. The predicted octanol–water partition coefficient (Wildman–Crippen LogP) is 5.56. The standard InChI is InChI=1S/C27H25ClN6O3S/c1-16-23(25(35)31-19-8-6-12-29-14-19)24(17-10-11-21(36-2)22(13-17)37-3)34-26(30-16)32-27(33-34)38-15-18-7-4-5-9-20(18)28/h4-14,24H,15H2,1-3H3,(H,31,35)(H,30,32,33)/t24-/m1/s1. The van der Waals surface area contributed by atoms with Gasteiger partial charge in [0.15, 0.2) is 11.5 Å². The van der Waals surface area contributed by atoms with E-state index in [1.54, 1.807) is 43.4 Å². The zero-order chi connectivity index (χ0) is 26.6. The van der Waals surface area contributed by atoms with E-state index in [2.05, 4.69) is 15.6 Å². The van der Waals surface area contributed by atoms with Crippen LogP contribution in [0, 0.1) is 0 Å². The van der Waals surface area contributed by atoms with E-state index in [4.69, 9.17) is 31.2 Å². The SMILES string of the molecule is COc1ccc([C@@H]2C(C(=O)Nc3cccnc3)=C(C)Nc3nc(SCc4ccccc4Cl)nn32)cc1OC. The van der Waals surface area contributed by atoms with Crippen LogP contribution in [-0.2, 0) is 10.5 Å². The number of pyridine rings is 1. The molecule has 1 aliphatic rings. The number of rotatable bonds is 8. The summed E-state index contributed by atoms with van der Waals surface area (Å²) in [4.78, 5) is 22.4. The highest BCUT2D eigenvalue weighted by atomic mass is 35.5. The Morgan fingerprint density at radius 1 is 1.13 bits per heavy atom. The van der Waals surface area contributed by atoms with Crippen LogP contribution >= 0.6 is 23.4 Å². The highest BCUT2D eigenvalue weighted by Crippen LogP contribution is 2.40. The number of carbonyl (C=O) groups excluding carboxylic acids is 1. The maximum absolute atomic E-state index is 13.6. The summed E-state index contributed by atoms with van der Waals surface area (Å²) in [5.41, 5.74) is 3.51. The molecule has 1 amide bonds. The summed E-state index contributed by atoms with van der Waals surface area (Å²) in [6.07, 6.45) is 3.25. The molecular weight excluding hydrogens is 524 g/mol. The molecule has 0 bridgehead atoms. The molecule has 1 atom stereocenters. The maximum Gasteiger partial charge on any atom is 0.255 e. The van der Waals surface area contributed by atoms with Crippen LogP contribution in [0.15, 0.2) is 83.4 Å². The average Bonchev–Trinajstić information content (AvgIpc) is 3.34. The molecule has 0 unspecified atom stereocenters. The largest absolute Gasteiger partial charge is 0.493 e. The van der Waals surface area contributed by atoms with Gasteiger partial charge in [-0.15, -0.1) is 5.10 Å². The van der Waals surface area contributed by atoms with Crippen molar-refractivity contribution in [3.05, 3.63) is 94.4 Å². The normalized spacial score (nSPS) is 14.5. The number of fused-ring (bicyclic) bond motifs is 1. The molecule has 3 heterocycles. The van der Waals surface area contributed by atoms with Crippen molar-refractivity contribution in [1.29, 1.82) is 0 Å². The number of hydrogen-bond acceptors (Lipinski definition) is 8. The van der Waals surface area contributed by atoms with Gasteiger partial charge in [0, 0.05) is 22.7 Å². The van der Waals surface area contributed by atoms with Gasteiger partial charge in [0.2, 0.25) is 11.1 Å². The number of nitrogens with one attached hydrogen (secondary N) is 2. The maximum atomic E-state index is 13.6. The molecule has 0 saturated heterocycles. The van der Waals surface area contributed by atoms with Gasteiger partial charge >= 0.3 is 0 Å². The second-order valence-electron chi connectivity index (χ2n) is 8.42. The minimum absolute atomic E-state index is 0.283. The smallest absolute Gasteiger partial charge is 0.255 e. The fourth-order valence-corrected chi connectivity index (χ4v) is 5.33. The molecule has 2 N–H and O–H groups in total. The van der Waals surface area contributed by atoms with Crippen molar-refractivity contribution in [3.63, 3.8) is 0 Å². The van der Waals surface area contributed by atoms with Gasteiger partial charge in [0.25, 0.3) is 5.91 Å². The number of carbonyl (C=O) groups is 1. The minimum atomic E-state index is -0.579. The number of thioether (sulfide) groups is 1. The van der Waals surface area contributed by atoms with Crippen molar-refractivity contribution in [2.45, 2.75) is 23.9 Å². The number of hydrogen-bond donors (Lipinski definition) is 2. The number of anilines is 2. The molecule has 11 heteroatoms. The van der Waals surface area contributed by atoms with Crippen molar-refractivity contribution < 1.29 is 14.3 Å². The fraction of sp³-hybridized carbons (Fsp3) is 0.185. The van der Waals surface area contributed by atoms with Gasteiger partial charge in [-0.1, -0.05) is 47.6 Å². The highest BCUT2D eigenvalue weighted by molar-refractivity contribution is 7.98. The number of nitrogens with zero attached hydrogens (tertiary/aromatic N) is 4. The van der Waals surface area contributed by atoms with Crippen LogP contribution in [0.4, 0.5) is 11.6 Å². The van der Waals surface area contributed by atoms with Crippen molar-refractivity contribution in [2.75, 3.05) is 24.9 Å². The number of benzene rings is 2. The van der Waals surface area contributed by atoms with Gasteiger partial charge in [-0.05, 0) is 48.4 Å². The van der Waals surface area contributed by atoms with E-state index in [1.807, 2.05) is 49.4 Å². The van der Waals surface area contributed by atoms with Crippen molar-refractivity contribution in [1.82, 2.24) is 19.7 Å². The van der Waals surface area contributed by atoms with Gasteiger partial charge < -0.3 is 20.1 Å². The Kier molecular flexibility index (Phi) is 7.52. The highest BCUT2D eigenvalue weighted by Gasteiger charge is 2.35. The molecular formula is C27H25ClN6O3S. The van der Waals surface area contributed by atoms with Crippen molar-refractivity contribution >= 4 is 40.9 Å². The lowest BCUT2D eigenvalue weighted by Gasteiger charge is -2.29. The van der Waals surface area contributed by atoms with Crippen LogP contribution in [-0.4, -0.2) is 39.9 Å². The molecule has 5 rings (SSSR count). The predicted molar refractivity (Wildman–Crippen MR) is 148 cm³/mol. The van der Waals surface area contributed by atoms with Gasteiger partial charge in [0.05, 0.1) is 31.7 Å². The number of halogens is 1. The van der Waals surface area contributed by atoms with Crippen LogP contribution in [0.5, 0.6) is 11.5 Å². The van der Waals surface area contributed by atoms with Gasteiger partial charge in [-0.25, -0.2) is 4.68 Å². The molecule has 0 aliphatic carbocycles. The van der Waals surface area contributed by atoms with Crippen LogP contribution in [0.1, 0.15) is 24.1 Å². The molecule has 2 aromatic carbocycles. The van der Waals surface area contributed by atoms with Crippen LogP contribution in [0.3, 0.4) is 0 Å². The quantitative estimate of drug-likeness (QED) is 0.276. The molecule has 194 valence electrons. The van der Waals surface area contributed by atoms with Gasteiger partial charge in [0.1, 0.15) is 6.04 Å². The molecule has 0 fully saturated rings. The van der Waals surface area contributed by atoms with Crippen LogP contribution < -0.4 is 20.1 Å². The first kappa shape index (κ1) is 25.6. The molecule has 1 aliphatic heterocycles. The lowest BCUT2D eigenvalue weighted by atomic mass is 9.94. The van der Waals surface area contributed by atoms with E-state index in [0.717, 1.165) is 11.1 Å². The zero-order valence-corrected chi connectivity index (χ0v) is 22.5. The Morgan fingerprint density at radius 2 is 1.95 bits per heavy atom. The van der Waals surface area contributed by atoms with Crippen molar-refractivity contribution in [3.8, 4) is 11.5 Å². The fourth-order valence-electron chi connectivity index (χ4n) is 4.21. The van der Waals surface area contributed by atoms with E-state index < -0.39 is 6.04 Å². The lowest BCUT2D eigenvalue weighted by molar-refractivity contribution is -0.113. The van der Waals surface area contributed by atoms with Crippen molar-refractivity contribution in [2.24, 2.45) is 0 Å². The minimum Gasteiger partial charge on any atom is -0.493 e. The summed E-state index contributed by atoms with van der Waals surface area (Å²) in [6.45, 7) is 1.85. The molecule has 0 radical (unpaired) electrons. The number of aromatic nitrogens is 4. The second-order valence-corrected chi connectivity index (χ2v) is 9.77. The molecule has 4 aromatic rings. The van der Waals surface area contributed by atoms with Gasteiger partial charge in [-0.3, -0.25) is 9.78 Å². The Labute approximate surface area is 229 Å². The molecule has 9 nitrogen and oxygen atoms in total. The summed E-state index contributed by atoms with van der Waals surface area (Å²) in [7, 11) is 3.16. The first-order chi connectivity index (χ1) is 18.5. The zero-order valence-electron chi connectivity index (χ0n) is 20.9. The summed E-state index contributed by atoms with van der Waals surface area (Å²) in [5.74, 6) is 1.98.